The first-order valence-electron chi connectivity index (χ1n) is 4.53. The minimum Gasteiger partial charge on any atom is -0.481 e. The maximum Gasteiger partial charge on any atom is 0.305 e. The van der Waals surface area contributed by atoms with E-state index in [4.69, 9.17) is 5.11 Å². The second kappa shape index (κ2) is 5.25. The van der Waals surface area contributed by atoms with E-state index in [1.165, 1.54) is 0 Å². The van der Waals surface area contributed by atoms with Crippen LogP contribution in [0.25, 0.3) is 0 Å². The second-order valence-corrected chi connectivity index (χ2v) is 4.24. The zero-order chi connectivity index (χ0) is 12.3. The molecule has 1 unspecified atom stereocenters. The molecule has 0 aliphatic heterocycles. The topological polar surface area (TPSA) is 49.3 Å². The molecule has 0 radical (unpaired) electrons. The van der Waals surface area contributed by atoms with Gasteiger partial charge in [0, 0.05) is 16.6 Å². The highest BCUT2D eigenvalue weighted by Crippen LogP contribution is 2.27. The molecule has 1 aromatic carbocycles. The van der Waals surface area contributed by atoms with E-state index in [-0.39, 0.29) is 16.6 Å². The molecular formula is C10H10BrF2NO2. The van der Waals surface area contributed by atoms with Crippen LogP contribution in [-0.2, 0) is 4.79 Å². The number of hydrogen-bond acceptors (Lipinski definition) is 2. The zero-order valence-electron chi connectivity index (χ0n) is 8.43. The fourth-order valence-corrected chi connectivity index (χ4v) is 1.76. The van der Waals surface area contributed by atoms with Crippen LogP contribution in [0.5, 0.6) is 0 Å². The van der Waals surface area contributed by atoms with Crippen LogP contribution in [0.15, 0.2) is 16.6 Å². The normalized spacial score (nSPS) is 12.2. The molecule has 88 valence electrons. The largest absolute Gasteiger partial charge is 0.481 e. The molecule has 0 heterocycles. The van der Waals surface area contributed by atoms with Gasteiger partial charge >= 0.3 is 5.97 Å². The summed E-state index contributed by atoms with van der Waals surface area (Å²) in [5, 5.41) is 11.2. The van der Waals surface area contributed by atoms with Crippen LogP contribution in [0.2, 0.25) is 0 Å². The Morgan fingerprint density at radius 2 is 2.19 bits per heavy atom. The van der Waals surface area contributed by atoms with Crippen molar-refractivity contribution in [1.82, 2.24) is 0 Å². The van der Waals surface area contributed by atoms with Crippen molar-refractivity contribution in [2.24, 2.45) is 0 Å². The molecule has 0 amide bonds. The van der Waals surface area contributed by atoms with Crippen molar-refractivity contribution in [3.8, 4) is 0 Å². The predicted molar refractivity (Wildman–Crippen MR) is 59.4 cm³/mol. The van der Waals surface area contributed by atoms with Gasteiger partial charge in [-0.15, -0.1) is 0 Å². The molecule has 3 nitrogen and oxygen atoms in total. The summed E-state index contributed by atoms with van der Waals surface area (Å²) in [6.45, 7) is 1.60. The quantitative estimate of drug-likeness (QED) is 0.897. The summed E-state index contributed by atoms with van der Waals surface area (Å²) in [5.41, 5.74) is 0.0650. The number of carboxylic acid groups (broad SMARTS) is 1. The molecular weight excluding hydrogens is 284 g/mol. The van der Waals surface area contributed by atoms with Gasteiger partial charge in [-0.05, 0) is 28.9 Å². The Morgan fingerprint density at radius 1 is 1.56 bits per heavy atom. The lowest BCUT2D eigenvalue weighted by atomic mass is 10.2. The molecule has 0 bridgehead atoms. The van der Waals surface area contributed by atoms with Gasteiger partial charge in [-0.3, -0.25) is 4.79 Å². The third-order valence-corrected chi connectivity index (χ3v) is 2.50. The van der Waals surface area contributed by atoms with Crippen molar-refractivity contribution in [2.75, 3.05) is 5.32 Å². The summed E-state index contributed by atoms with van der Waals surface area (Å²) in [6.07, 6.45) is -0.150. The summed E-state index contributed by atoms with van der Waals surface area (Å²) in [5.74, 6) is -2.44. The molecule has 1 atom stereocenters. The van der Waals surface area contributed by atoms with E-state index >= 15 is 0 Å². The number of aliphatic carboxylic acids is 1. The number of halogens is 3. The average molecular weight is 294 g/mol. The molecule has 1 rings (SSSR count). The number of rotatable bonds is 4. The predicted octanol–water partition coefficient (Wildman–Crippen LogP) is 3.00. The minimum atomic E-state index is -0.987. The van der Waals surface area contributed by atoms with Gasteiger partial charge in [0.25, 0.3) is 0 Å². The first-order chi connectivity index (χ1) is 7.40. The van der Waals surface area contributed by atoms with Crippen LogP contribution >= 0.6 is 15.9 Å². The lowest BCUT2D eigenvalue weighted by Gasteiger charge is -2.15. The Hall–Kier alpha value is -1.17. The van der Waals surface area contributed by atoms with Gasteiger partial charge in [-0.2, -0.15) is 0 Å². The van der Waals surface area contributed by atoms with Gasteiger partial charge in [0.05, 0.1) is 12.1 Å². The maximum atomic E-state index is 13.3. The summed E-state index contributed by atoms with van der Waals surface area (Å²) in [4.78, 5) is 10.4. The highest BCUT2D eigenvalue weighted by Gasteiger charge is 2.13. The minimum absolute atomic E-state index is 0.0650. The number of hydrogen-bond donors (Lipinski definition) is 2. The van der Waals surface area contributed by atoms with Crippen LogP contribution in [0, 0.1) is 11.6 Å². The molecule has 0 spiro atoms. The molecule has 0 aliphatic carbocycles. The molecule has 1 aromatic rings. The standard InChI is InChI=1S/C10H10BrF2NO2/c1-5(2-9(15)16)14-10-7(11)3-6(12)4-8(10)13/h3-5,14H,2H2,1H3,(H,15,16). The van der Waals surface area contributed by atoms with Crippen LogP contribution in [-0.4, -0.2) is 17.1 Å². The van der Waals surface area contributed by atoms with Crippen molar-refractivity contribution in [1.29, 1.82) is 0 Å². The Kier molecular flexibility index (Phi) is 4.23. The first-order valence-corrected chi connectivity index (χ1v) is 5.32. The van der Waals surface area contributed by atoms with Crippen molar-refractivity contribution in [3.63, 3.8) is 0 Å². The summed E-state index contributed by atoms with van der Waals surface area (Å²) >= 11 is 3.00. The summed E-state index contributed by atoms with van der Waals surface area (Å²) in [6, 6.07) is 1.40. The first kappa shape index (κ1) is 12.9. The van der Waals surface area contributed by atoms with Crippen molar-refractivity contribution in [2.45, 2.75) is 19.4 Å². The Balaban J connectivity index is 2.85. The third kappa shape index (κ3) is 3.44. The molecule has 2 N–H and O–H groups in total. The second-order valence-electron chi connectivity index (χ2n) is 3.39. The highest BCUT2D eigenvalue weighted by molar-refractivity contribution is 9.10. The molecule has 0 aliphatic rings. The van der Waals surface area contributed by atoms with E-state index in [9.17, 15) is 13.6 Å². The molecule has 0 saturated heterocycles. The molecule has 16 heavy (non-hydrogen) atoms. The number of anilines is 1. The van der Waals surface area contributed by atoms with Gasteiger partial charge < -0.3 is 10.4 Å². The number of benzene rings is 1. The van der Waals surface area contributed by atoms with Crippen LogP contribution in [0.1, 0.15) is 13.3 Å². The lowest BCUT2D eigenvalue weighted by molar-refractivity contribution is -0.137. The van der Waals surface area contributed by atoms with Crippen molar-refractivity contribution >= 4 is 27.6 Å². The number of carboxylic acids is 1. The average Bonchev–Trinajstić information content (AvgIpc) is 2.09. The van der Waals surface area contributed by atoms with E-state index in [0.717, 1.165) is 12.1 Å². The fraction of sp³-hybridized carbons (Fsp3) is 0.300. The van der Waals surface area contributed by atoms with Crippen molar-refractivity contribution < 1.29 is 18.7 Å². The molecule has 6 heteroatoms. The molecule has 0 fully saturated rings. The Bertz CT molecular complexity index is 389. The van der Waals surface area contributed by atoms with Crippen LogP contribution in [0.4, 0.5) is 14.5 Å². The van der Waals surface area contributed by atoms with Crippen molar-refractivity contribution in [3.05, 3.63) is 28.2 Å². The van der Waals surface area contributed by atoms with E-state index in [0.29, 0.717) is 0 Å². The third-order valence-electron chi connectivity index (χ3n) is 1.88. The van der Waals surface area contributed by atoms with Gasteiger partial charge in [0.2, 0.25) is 0 Å². The lowest BCUT2D eigenvalue weighted by Crippen LogP contribution is -2.20. The van der Waals surface area contributed by atoms with E-state index in [1.807, 2.05) is 0 Å². The fourth-order valence-electron chi connectivity index (χ4n) is 1.24. The molecule has 0 saturated carbocycles. The summed E-state index contributed by atoms with van der Waals surface area (Å²) in [7, 11) is 0. The zero-order valence-corrected chi connectivity index (χ0v) is 10.0. The maximum absolute atomic E-state index is 13.3. The summed E-state index contributed by atoms with van der Waals surface area (Å²) < 4.78 is 26.3. The molecule has 0 aromatic heterocycles. The number of nitrogens with one attached hydrogen (secondary N) is 1. The SMILES string of the molecule is CC(CC(=O)O)Nc1c(F)cc(F)cc1Br. The van der Waals surface area contributed by atoms with Crippen LogP contribution < -0.4 is 5.32 Å². The van der Waals surface area contributed by atoms with Gasteiger partial charge in [-0.1, -0.05) is 0 Å². The van der Waals surface area contributed by atoms with E-state index < -0.39 is 23.6 Å². The monoisotopic (exact) mass is 293 g/mol. The van der Waals surface area contributed by atoms with Gasteiger partial charge in [0.1, 0.15) is 11.6 Å². The van der Waals surface area contributed by atoms with Gasteiger partial charge in [-0.25, -0.2) is 8.78 Å². The van der Waals surface area contributed by atoms with E-state index in [1.54, 1.807) is 6.92 Å². The number of carbonyl (C=O) groups is 1. The van der Waals surface area contributed by atoms with Crippen LogP contribution in [0.3, 0.4) is 0 Å². The van der Waals surface area contributed by atoms with E-state index in [2.05, 4.69) is 21.2 Å². The smallest absolute Gasteiger partial charge is 0.305 e. The Labute approximate surface area is 99.6 Å². The Morgan fingerprint density at radius 3 is 2.69 bits per heavy atom. The van der Waals surface area contributed by atoms with Gasteiger partial charge in [0.15, 0.2) is 0 Å². The highest BCUT2D eigenvalue weighted by atomic mass is 79.9.